The van der Waals surface area contributed by atoms with Crippen molar-refractivity contribution in [3.05, 3.63) is 0 Å². The van der Waals surface area contributed by atoms with Gasteiger partial charge in [0.25, 0.3) is 0 Å². The number of carboxylic acids is 1. The van der Waals surface area contributed by atoms with Crippen LogP contribution >= 0.6 is 0 Å². The lowest BCUT2D eigenvalue weighted by atomic mass is 10.3. The number of nitrogens with zero attached hydrogens (tertiary/aromatic N) is 2. The Labute approximate surface area is 102 Å². The monoisotopic (exact) mass is 242 g/mol. The Morgan fingerprint density at radius 1 is 1.18 bits per heavy atom. The largest absolute Gasteiger partial charge is 0.481 e. The first-order valence-electron chi connectivity index (χ1n) is 6.34. The zero-order valence-corrected chi connectivity index (χ0v) is 10.7. The van der Waals surface area contributed by atoms with Crippen molar-refractivity contribution >= 4 is 12.0 Å². The Balaban J connectivity index is 2.46. The van der Waals surface area contributed by atoms with Gasteiger partial charge in [-0.1, -0.05) is 0 Å². The molecule has 1 N–H and O–H groups in total. The minimum absolute atomic E-state index is 0.0144. The quantitative estimate of drug-likeness (QED) is 0.738. The van der Waals surface area contributed by atoms with Gasteiger partial charge in [0.1, 0.15) is 0 Å². The number of urea groups is 1. The minimum Gasteiger partial charge on any atom is -0.481 e. The minimum atomic E-state index is -0.860. The molecule has 1 aliphatic rings. The fourth-order valence-electron chi connectivity index (χ4n) is 1.77. The molecule has 17 heavy (non-hydrogen) atoms. The molecule has 0 radical (unpaired) electrons. The number of amides is 2. The molecular weight excluding hydrogens is 220 g/mol. The molecule has 0 heterocycles. The van der Waals surface area contributed by atoms with Crippen LogP contribution in [0.4, 0.5) is 4.79 Å². The number of carboxylic acid groups (broad SMARTS) is 1. The molecule has 0 aliphatic heterocycles. The summed E-state index contributed by atoms with van der Waals surface area (Å²) in [6.45, 7) is 6.22. The van der Waals surface area contributed by atoms with Crippen LogP contribution in [0.1, 0.15) is 33.1 Å². The Morgan fingerprint density at radius 3 is 2.18 bits per heavy atom. The SMILES string of the molecule is CCN(CCC(=O)O)C(=O)N(CC)CC1CC1. The van der Waals surface area contributed by atoms with E-state index in [9.17, 15) is 9.59 Å². The van der Waals surface area contributed by atoms with Crippen molar-refractivity contribution in [2.75, 3.05) is 26.2 Å². The summed E-state index contributed by atoms with van der Waals surface area (Å²) >= 11 is 0. The van der Waals surface area contributed by atoms with E-state index in [0.717, 1.165) is 6.54 Å². The molecule has 5 heteroatoms. The zero-order valence-electron chi connectivity index (χ0n) is 10.7. The van der Waals surface area contributed by atoms with Crippen molar-refractivity contribution in [2.45, 2.75) is 33.1 Å². The summed E-state index contributed by atoms with van der Waals surface area (Å²) in [5.41, 5.74) is 0. The lowest BCUT2D eigenvalue weighted by molar-refractivity contribution is -0.137. The summed E-state index contributed by atoms with van der Waals surface area (Å²) in [5, 5.41) is 8.64. The van der Waals surface area contributed by atoms with E-state index in [1.165, 1.54) is 12.8 Å². The van der Waals surface area contributed by atoms with Crippen LogP contribution in [0.15, 0.2) is 0 Å². The van der Waals surface area contributed by atoms with Gasteiger partial charge in [0.15, 0.2) is 0 Å². The first kappa shape index (κ1) is 13.8. The van der Waals surface area contributed by atoms with E-state index in [4.69, 9.17) is 5.11 Å². The van der Waals surface area contributed by atoms with Gasteiger partial charge in [0.2, 0.25) is 0 Å². The van der Waals surface area contributed by atoms with Crippen LogP contribution in [0, 0.1) is 5.92 Å². The highest BCUT2D eigenvalue weighted by atomic mass is 16.4. The molecular formula is C12H22N2O3. The molecule has 0 aromatic heterocycles. The summed E-state index contributed by atoms with van der Waals surface area (Å²) in [4.78, 5) is 26.1. The van der Waals surface area contributed by atoms with Crippen LogP contribution in [0.2, 0.25) is 0 Å². The molecule has 0 spiro atoms. The van der Waals surface area contributed by atoms with Gasteiger partial charge < -0.3 is 14.9 Å². The topological polar surface area (TPSA) is 60.9 Å². The van der Waals surface area contributed by atoms with Gasteiger partial charge in [-0.25, -0.2) is 4.79 Å². The van der Waals surface area contributed by atoms with Crippen LogP contribution in [0.25, 0.3) is 0 Å². The van der Waals surface area contributed by atoms with Crippen LogP contribution < -0.4 is 0 Å². The Bertz CT molecular complexity index is 277. The first-order valence-corrected chi connectivity index (χ1v) is 6.34. The predicted molar refractivity (Wildman–Crippen MR) is 64.9 cm³/mol. The van der Waals surface area contributed by atoms with Crippen LogP contribution in [0.5, 0.6) is 0 Å². The molecule has 0 aromatic rings. The Kier molecular flexibility index (Phi) is 5.25. The van der Waals surface area contributed by atoms with Gasteiger partial charge in [-0.2, -0.15) is 0 Å². The average Bonchev–Trinajstić information content (AvgIpc) is 3.09. The third-order valence-corrected chi connectivity index (χ3v) is 3.08. The summed E-state index contributed by atoms with van der Waals surface area (Å²) in [6, 6.07) is -0.0249. The van der Waals surface area contributed by atoms with E-state index in [-0.39, 0.29) is 12.5 Å². The molecule has 0 atom stereocenters. The predicted octanol–water partition coefficient (Wildman–Crippen LogP) is 1.63. The van der Waals surface area contributed by atoms with Crippen molar-refractivity contribution in [2.24, 2.45) is 5.92 Å². The fraction of sp³-hybridized carbons (Fsp3) is 0.833. The number of carbonyl (C=O) groups is 2. The average molecular weight is 242 g/mol. The lowest BCUT2D eigenvalue weighted by Gasteiger charge is -2.29. The molecule has 98 valence electrons. The van der Waals surface area contributed by atoms with Crippen LogP contribution in [-0.4, -0.2) is 53.1 Å². The van der Waals surface area contributed by atoms with Gasteiger partial charge in [-0.15, -0.1) is 0 Å². The first-order chi connectivity index (χ1) is 8.08. The second kappa shape index (κ2) is 6.47. The highest BCUT2D eigenvalue weighted by Crippen LogP contribution is 2.29. The zero-order chi connectivity index (χ0) is 12.8. The summed E-state index contributed by atoms with van der Waals surface area (Å²) in [6.07, 6.45) is 2.44. The van der Waals surface area contributed by atoms with Crippen molar-refractivity contribution in [1.82, 2.24) is 9.80 Å². The molecule has 0 aromatic carbocycles. The van der Waals surface area contributed by atoms with Crippen molar-refractivity contribution in [1.29, 1.82) is 0 Å². The van der Waals surface area contributed by atoms with E-state index in [1.54, 1.807) is 4.90 Å². The molecule has 5 nitrogen and oxygen atoms in total. The summed E-state index contributed by atoms with van der Waals surface area (Å²) in [5.74, 6) is -0.196. The second-order valence-electron chi connectivity index (χ2n) is 4.49. The molecule has 1 rings (SSSR count). The standard InChI is InChI=1S/C12H22N2O3/c1-3-13(8-7-11(15)16)12(17)14(4-2)9-10-5-6-10/h10H,3-9H2,1-2H3,(H,15,16). The van der Waals surface area contributed by atoms with Gasteiger partial charge in [0.05, 0.1) is 6.42 Å². The Hall–Kier alpha value is -1.26. The maximum Gasteiger partial charge on any atom is 0.320 e. The van der Waals surface area contributed by atoms with E-state index < -0.39 is 5.97 Å². The van der Waals surface area contributed by atoms with Crippen molar-refractivity contribution < 1.29 is 14.7 Å². The van der Waals surface area contributed by atoms with Crippen molar-refractivity contribution in [3.8, 4) is 0 Å². The van der Waals surface area contributed by atoms with Gasteiger partial charge >= 0.3 is 12.0 Å². The van der Waals surface area contributed by atoms with Crippen LogP contribution in [-0.2, 0) is 4.79 Å². The van der Waals surface area contributed by atoms with E-state index in [2.05, 4.69) is 0 Å². The number of hydrogen-bond donors (Lipinski definition) is 1. The Morgan fingerprint density at radius 2 is 1.76 bits per heavy atom. The molecule has 1 aliphatic carbocycles. The summed E-state index contributed by atoms with van der Waals surface area (Å²) in [7, 11) is 0. The molecule has 0 bridgehead atoms. The fourth-order valence-corrected chi connectivity index (χ4v) is 1.77. The summed E-state index contributed by atoms with van der Waals surface area (Å²) < 4.78 is 0. The molecule has 2 amide bonds. The van der Waals surface area contributed by atoms with Gasteiger partial charge in [-0.05, 0) is 32.6 Å². The third kappa shape index (κ3) is 4.63. The number of hydrogen-bond acceptors (Lipinski definition) is 2. The maximum atomic E-state index is 12.1. The van der Waals surface area contributed by atoms with Crippen LogP contribution in [0.3, 0.4) is 0 Å². The third-order valence-electron chi connectivity index (χ3n) is 3.08. The van der Waals surface area contributed by atoms with Gasteiger partial charge in [-0.3, -0.25) is 4.79 Å². The smallest absolute Gasteiger partial charge is 0.320 e. The molecule has 0 saturated heterocycles. The second-order valence-corrected chi connectivity index (χ2v) is 4.49. The number of rotatable bonds is 7. The maximum absolute atomic E-state index is 12.1. The number of aliphatic carboxylic acids is 1. The van der Waals surface area contributed by atoms with E-state index in [1.807, 2.05) is 18.7 Å². The molecule has 1 saturated carbocycles. The molecule has 1 fully saturated rings. The highest BCUT2D eigenvalue weighted by Gasteiger charge is 2.27. The van der Waals surface area contributed by atoms with E-state index >= 15 is 0 Å². The van der Waals surface area contributed by atoms with E-state index in [0.29, 0.717) is 25.6 Å². The highest BCUT2D eigenvalue weighted by molar-refractivity contribution is 5.75. The normalized spacial score (nSPS) is 14.5. The number of carbonyl (C=O) groups excluding carboxylic acids is 1. The van der Waals surface area contributed by atoms with Gasteiger partial charge in [0, 0.05) is 26.2 Å². The lowest BCUT2D eigenvalue weighted by Crippen LogP contribution is -2.44. The van der Waals surface area contributed by atoms with Crippen molar-refractivity contribution in [3.63, 3.8) is 0 Å². The molecule has 0 unspecified atom stereocenters.